The highest BCUT2D eigenvalue weighted by Gasteiger charge is 2.24. The van der Waals surface area contributed by atoms with E-state index in [1.165, 1.54) is 4.68 Å². The molecular formula is C12H17ClN4O2. The van der Waals surface area contributed by atoms with Gasteiger partial charge < -0.3 is 10.6 Å². The number of piperidine rings is 1. The van der Waals surface area contributed by atoms with Gasteiger partial charge in [0.05, 0.1) is 11.9 Å². The molecule has 6 nitrogen and oxygen atoms in total. The summed E-state index contributed by atoms with van der Waals surface area (Å²) in [5, 5.41) is 4.17. The molecule has 1 fully saturated rings. The fourth-order valence-electron chi connectivity index (χ4n) is 2.46. The number of hydrogen-bond acceptors (Lipinski definition) is 4. The number of aryl methyl sites for hydroxylation is 1. The Morgan fingerprint density at radius 1 is 1.63 bits per heavy atom. The van der Waals surface area contributed by atoms with Gasteiger partial charge in [0, 0.05) is 26.6 Å². The fraction of sp³-hybridized carbons (Fsp3) is 0.583. The molecule has 1 aliphatic rings. The summed E-state index contributed by atoms with van der Waals surface area (Å²) in [6, 6.07) is 0. The highest BCUT2D eigenvalue weighted by molar-refractivity contribution is 6.33. The van der Waals surface area contributed by atoms with E-state index < -0.39 is 0 Å². The van der Waals surface area contributed by atoms with E-state index in [0.717, 1.165) is 19.4 Å². The van der Waals surface area contributed by atoms with Crippen molar-refractivity contribution >= 4 is 23.2 Å². The van der Waals surface area contributed by atoms with Crippen molar-refractivity contribution in [1.82, 2.24) is 9.78 Å². The first-order valence-electron chi connectivity index (χ1n) is 6.24. The van der Waals surface area contributed by atoms with Crippen molar-refractivity contribution in [3.05, 3.63) is 21.6 Å². The van der Waals surface area contributed by atoms with Crippen molar-refractivity contribution in [1.29, 1.82) is 0 Å². The first kappa shape index (κ1) is 13.9. The van der Waals surface area contributed by atoms with Gasteiger partial charge in [-0.3, -0.25) is 9.59 Å². The van der Waals surface area contributed by atoms with Crippen LogP contribution in [0.4, 0.5) is 5.69 Å². The highest BCUT2D eigenvalue weighted by Crippen LogP contribution is 2.27. The fourth-order valence-corrected chi connectivity index (χ4v) is 2.75. The van der Waals surface area contributed by atoms with Crippen LogP contribution >= 0.6 is 11.6 Å². The summed E-state index contributed by atoms with van der Waals surface area (Å²) in [5.74, 6) is -0.0774. The van der Waals surface area contributed by atoms with Crippen molar-refractivity contribution < 1.29 is 4.79 Å². The Kier molecular flexibility index (Phi) is 4.09. The van der Waals surface area contributed by atoms with Crippen molar-refractivity contribution in [2.24, 2.45) is 18.7 Å². The van der Waals surface area contributed by atoms with Gasteiger partial charge in [0.15, 0.2) is 0 Å². The lowest BCUT2D eigenvalue weighted by molar-refractivity contribution is -0.118. The van der Waals surface area contributed by atoms with Gasteiger partial charge in [-0.15, -0.1) is 0 Å². The molecule has 0 aromatic carbocycles. The van der Waals surface area contributed by atoms with E-state index in [4.69, 9.17) is 17.3 Å². The predicted octanol–water partition coefficient (Wildman–Crippen LogP) is 0.526. The first-order valence-corrected chi connectivity index (χ1v) is 6.62. The lowest BCUT2D eigenvalue weighted by Crippen LogP contribution is -2.38. The van der Waals surface area contributed by atoms with Crippen LogP contribution in [-0.4, -0.2) is 28.8 Å². The number of aromatic nitrogens is 2. The average molecular weight is 285 g/mol. The average Bonchev–Trinajstić information content (AvgIpc) is 2.36. The number of amides is 1. The topological polar surface area (TPSA) is 81.2 Å². The highest BCUT2D eigenvalue weighted by atomic mass is 35.5. The van der Waals surface area contributed by atoms with Crippen molar-refractivity contribution in [3.8, 4) is 0 Å². The van der Waals surface area contributed by atoms with Crippen molar-refractivity contribution in [2.45, 2.75) is 19.3 Å². The van der Waals surface area contributed by atoms with Gasteiger partial charge in [-0.25, -0.2) is 4.68 Å². The minimum atomic E-state index is -0.309. The molecule has 2 rings (SSSR count). The zero-order chi connectivity index (χ0) is 14.0. The van der Waals surface area contributed by atoms with Crippen LogP contribution in [0.15, 0.2) is 11.0 Å². The second-order valence-electron chi connectivity index (χ2n) is 4.90. The Morgan fingerprint density at radius 2 is 2.37 bits per heavy atom. The number of hydrogen-bond donors (Lipinski definition) is 1. The van der Waals surface area contributed by atoms with E-state index in [-0.39, 0.29) is 22.4 Å². The number of halogens is 1. The number of rotatable bonds is 3. The Bertz CT molecular complexity index is 543. The number of carbonyl (C=O) groups is 1. The molecule has 7 heteroatoms. The zero-order valence-electron chi connectivity index (χ0n) is 10.8. The Hall–Kier alpha value is -1.56. The molecular weight excluding hydrogens is 268 g/mol. The normalized spacial score (nSPS) is 19.5. The van der Waals surface area contributed by atoms with Gasteiger partial charge in [0.1, 0.15) is 5.02 Å². The third-order valence-electron chi connectivity index (χ3n) is 3.41. The smallest absolute Gasteiger partial charge is 0.287 e. The summed E-state index contributed by atoms with van der Waals surface area (Å²) in [6.45, 7) is 1.49. The zero-order valence-corrected chi connectivity index (χ0v) is 11.6. The monoisotopic (exact) mass is 284 g/mol. The molecule has 2 N–H and O–H groups in total. The van der Waals surface area contributed by atoms with Gasteiger partial charge in [0.25, 0.3) is 5.56 Å². The SMILES string of the molecule is Cn1ncc(N2CCCC(CC(N)=O)C2)c(Cl)c1=O. The molecule has 19 heavy (non-hydrogen) atoms. The summed E-state index contributed by atoms with van der Waals surface area (Å²) in [5.41, 5.74) is 5.56. The lowest BCUT2D eigenvalue weighted by atomic mass is 9.94. The molecule has 0 radical (unpaired) electrons. The van der Waals surface area contributed by atoms with Crippen LogP contribution in [0.25, 0.3) is 0 Å². The maximum atomic E-state index is 11.8. The first-order chi connectivity index (χ1) is 8.99. The van der Waals surface area contributed by atoms with Crippen molar-refractivity contribution in [3.63, 3.8) is 0 Å². The Balaban J connectivity index is 2.20. The van der Waals surface area contributed by atoms with Crippen LogP contribution in [0.5, 0.6) is 0 Å². The predicted molar refractivity (Wildman–Crippen MR) is 73.2 cm³/mol. The lowest BCUT2D eigenvalue weighted by Gasteiger charge is -2.34. The van der Waals surface area contributed by atoms with Gasteiger partial charge in [-0.1, -0.05) is 11.6 Å². The van der Waals surface area contributed by atoms with Crippen LogP contribution in [0.1, 0.15) is 19.3 Å². The molecule has 1 atom stereocenters. The van der Waals surface area contributed by atoms with Gasteiger partial charge in [0.2, 0.25) is 5.91 Å². The molecule has 0 saturated carbocycles. The Labute approximate surface area is 116 Å². The van der Waals surface area contributed by atoms with E-state index in [1.54, 1.807) is 13.2 Å². The molecule has 1 unspecified atom stereocenters. The molecule has 1 aromatic rings. The van der Waals surface area contributed by atoms with Gasteiger partial charge in [-0.2, -0.15) is 5.10 Å². The van der Waals surface area contributed by atoms with Crippen LogP contribution in [0, 0.1) is 5.92 Å². The molecule has 0 spiro atoms. The molecule has 1 aromatic heterocycles. The summed E-state index contributed by atoms with van der Waals surface area (Å²) >= 11 is 6.08. The summed E-state index contributed by atoms with van der Waals surface area (Å²) in [4.78, 5) is 24.8. The van der Waals surface area contributed by atoms with Crippen LogP contribution in [0.3, 0.4) is 0 Å². The van der Waals surface area contributed by atoms with E-state index >= 15 is 0 Å². The number of nitrogens with zero attached hydrogens (tertiary/aromatic N) is 3. The second kappa shape index (κ2) is 5.61. The van der Waals surface area contributed by atoms with E-state index in [0.29, 0.717) is 18.7 Å². The van der Waals surface area contributed by atoms with Crippen molar-refractivity contribution in [2.75, 3.05) is 18.0 Å². The molecule has 1 aliphatic heterocycles. The third-order valence-corrected chi connectivity index (χ3v) is 3.76. The van der Waals surface area contributed by atoms with E-state index in [1.807, 2.05) is 4.90 Å². The second-order valence-corrected chi connectivity index (χ2v) is 5.28. The quantitative estimate of drug-likeness (QED) is 0.878. The van der Waals surface area contributed by atoms with E-state index in [9.17, 15) is 9.59 Å². The number of carbonyl (C=O) groups excluding carboxylic acids is 1. The molecule has 0 aliphatic carbocycles. The minimum absolute atomic E-state index is 0.178. The summed E-state index contributed by atoms with van der Waals surface area (Å²) < 4.78 is 1.21. The molecule has 104 valence electrons. The minimum Gasteiger partial charge on any atom is -0.370 e. The maximum absolute atomic E-state index is 11.8. The van der Waals surface area contributed by atoms with Crippen LogP contribution < -0.4 is 16.2 Å². The maximum Gasteiger partial charge on any atom is 0.287 e. The molecule has 1 amide bonds. The largest absolute Gasteiger partial charge is 0.370 e. The van der Waals surface area contributed by atoms with Crippen LogP contribution in [-0.2, 0) is 11.8 Å². The van der Waals surface area contributed by atoms with Crippen LogP contribution in [0.2, 0.25) is 5.02 Å². The third kappa shape index (κ3) is 3.07. The number of primary amides is 1. The molecule has 1 saturated heterocycles. The number of anilines is 1. The molecule has 2 heterocycles. The summed E-state index contributed by atoms with van der Waals surface area (Å²) in [7, 11) is 1.56. The van der Waals surface area contributed by atoms with Gasteiger partial charge >= 0.3 is 0 Å². The number of nitrogens with two attached hydrogens (primary N) is 1. The standard InChI is InChI=1S/C12H17ClN4O2/c1-16-12(19)11(13)9(6-15-16)17-4-2-3-8(7-17)5-10(14)18/h6,8H,2-5,7H2,1H3,(H2,14,18). The van der Waals surface area contributed by atoms with E-state index in [2.05, 4.69) is 5.10 Å². The van der Waals surface area contributed by atoms with Gasteiger partial charge in [-0.05, 0) is 18.8 Å². The Morgan fingerprint density at radius 3 is 3.05 bits per heavy atom. The summed E-state index contributed by atoms with van der Waals surface area (Å²) in [6.07, 6.45) is 3.88. The molecule has 0 bridgehead atoms.